The molecule has 0 spiro atoms. The third-order valence-electron chi connectivity index (χ3n) is 3.44. The molecule has 0 aliphatic carbocycles. The summed E-state index contributed by atoms with van der Waals surface area (Å²) in [6.45, 7) is 3.44. The lowest BCUT2D eigenvalue weighted by Crippen LogP contribution is -2.38. The van der Waals surface area contributed by atoms with Gasteiger partial charge in [0.25, 0.3) is 0 Å². The van der Waals surface area contributed by atoms with Crippen molar-refractivity contribution in [2.45, 2.75) is 19.1 Å². The molecule has 1 fully saturated rings. The second-order valence-corrected chi connectivity index (χ2v) is 4.92. The summed E-state index contributed by atoms with van der Waals surface area (Å²) in [5, 5.41) is 0. The van der Waals surface area contributed by atoms with Crippen LogP contribution in [0.25, 0.3) is 0 Å². The Kier molecular flexibility index (Phi) is 2.68. The minimum absolute atomic E-state index is 0.182. The lowest BCUT2D eigenvalue weighted by molar-refractivity contribution is -0.0794. The van der Waals surface area contributed by atoms with Gasteiger partial charge in [-0.1, -0.05) is 0 Å². The Balaban J connectivity index is 1.84. The fourth-order valence-electron chi connectivity index (χ4n) is 2.31. The van der Waals surface area contributed by atoms with Gasteiger partial charge in [0.1, 0.15) is 11.9 Å². The molecule has 0 aromatic heterocycles. The first kappa shape index (κ1) is 10.9. The van der Waals surface area contributed by atoms with Crippen LogP contribution in [0.15, 0.2) is 12.1 Å². The van der Waals surface area contributed by atoms with Gasteiger partial charge in [0, 0.05) is 13.1 Å². The van der Waals surface area contributed by atoms with Crippen LogP contribution in [0.3, 0.4) is 0 Å². The second-order valence-electron chi connectivity index (χ2n) is 4.92. The maximum atomic E-state index is 6.03. The van der Waals surface area contributed by atoms with Gasteiger partial charge in [-0.3, -0.25) is 0 Å². The van der Waals surface area contributed by atoms with E-state index in [-0.39, 0.29) is 6.10 Å². The predicted molar refractivity (Wildman–Crippen MR) is 66.1 cm³/mol. The molecule has 2 N–H and O–H groups in total. The molecule has 0 saturated carbocycles. The third kappa shape index (κ3) is 2.10. The molecule has 92 valence electrons. The van der Waals surface area contributed by atoms with Crippen LogP contribution in [-0.4, -0.2) is 37.8 Å². The van der Waals surface area contributed by atoms with Crippen LogP contribution in [0, 0.1) is 0 Å². The van der Waals surface area contributed by atoms with Crippen LogP contribution in [0.1, 0.15) is 11.1 Å². The van der Waals surface area contributed by atoms with Crippen LogP contribution >= 0.6 is 0 Å². The number of nitrogen functional groups attached to an aromatic ring is 1. The van der Waals surface area contributed by atoms with Crippen molar-refractivity contribution in [3.63, 3.8) is 0 Å². The highest BCUT2D eigenvalue weighted by atomic mass is 16.6. The summed E-state index contributed by atoms with van der Waals surface area (Å²) in [6.07, 6.45) is 1.26. The molecule has 2 heterocycles. The average Bonchev–Trinajstić information content (AvgIpc) is 2.23. The fraction of sp³-hybridized carbons (Fsp3) is 0.538. The second kappa shape index (κ2) is 4.20. The highest BCUT2D eigenvalue weighted by molar-refractivity contribution is 5.57. The molecule has 3 rings (SSSR count). The Bertz CT molecular complexity index is 430. The number of ether oxygens (including phenoxy) is 2. The highest BCUT2D eigenvalue weighted by Gasteiger charge is 2.22. The SMILES string of the molecule is CN1CCc2cc(OC3COC3)c(N)cc2C1. The summed E-state index contributed by atoms with van der Waals surface area (Å²) in [6, 6.07) is 4.16. The molecule has 2 aliphatic rings. The number of fused-ring (bicyclic) bond motifs is 1. The molecule has 2 aliphatic heterocycles. The molecule has 0 radical (unpaired) electrons. The smallest absolute Gasteiger partial charge is 0.145 e. The van der Waals surface area contributed by atoms with Crippen molar-refractivity contribution in [2.24, 2.45) is 0 Å². The van der Waals surface area contributed by atoms with Gasteiger partial charge in [-0.15, -0.1) is 0 Å². The average molecular weight is 234 g/mol. The topological polar surface area (TPSA) is 47.7 Å². The maximum absolute atomic E-state index is 6.03. The molecule has 1 saturated heterocycles. The van der Waals surface area contributed by atoms with Crippen molar-refractivity contribution in [1.82, 2.24) is 4.90 Å². The van der Waals surface area contributed by atoms with Gasteiger partial charge in [-0.2, -0.15) is 0 Å². The van der Waals surface area contributed by atoms with Crippen molar-refractivity contribution >= 4 is 5.69 Å². The molecule has 1 aromatic carbocycles. The quantitative estimate of drug-likeness (QED) is 0.777. The van der Waals surface area contributed by atoms with Crippen LogP contribution in [-0.2, 0) is 17.7 Å². The van der Waals surface area contributed by atoms with Crippen LogP contribution in [0.2, 0.25) is 0 Å². The Morgan fingerprint density at radius 1 is 1.35 bits per heavy atom. The number of benzene rings is 1. The van der Waals surface area contributed by atoms with Crippen molar-refractivity contribution in [3.05, 3.63) is 23.3 Å². The predicted octanol–water partition coefficient (Wildman–Crippen LogP) is 1.03. The zero-order chi connectivity index (χ0) is 11.8. The zero-order valence-corrected chi connectivity index (χ0v) is 10.1. The molecule has 1 aromatic rings. The van der Waals surface area contributed by atoms with E-state index in [1.165, 1.54) is 11.1 Å². The summed E-state index contributed by atoms with van der Waals surface area (Å²) in [4.78, 5) is 2.31. The van der Waals surface area contributed by atoms with Crippen LogP contribution < -0.4 is 10.5 Å². The summed E-state index contributed by atoms with van der Waals surface area (Å²) < 4.78 is 10.9. The molecule has 0 bridgehead atoms. The first-order valence-electron chi connectivity index (χ1n) is 6.06. The van der Waals surface area contributed by atoms with E-state index in [0.717, 1.165) is 30.9 Å². The molecule has 0 amide bonds. The Labute approximate surface area is 101 Å². The van der Waals surface area contributed by atoms with Crippen molar-refractivity contribution in [3.8, 4) is 5.75 Å². The Morgan fingerprint density at radius 2 is 2.18 bits per heavy atom. The van der Waals surface area contributed by atoms with Gasteiger partial charge in [0.2, 0.25) is 0 Å². The van der Waals surface area contributed by atoms with Crippen LogP contribution in [0.5, 0.6) is 5.75 Å². The van der Waals surface area contributed by atoms with E-state index < -0.39 is 0 Å². The number of anilines is 1. The minimum Gasteiger partial charge on any atom is -0.483 e. The van der Waals surface area contributed by atoms with E-state index in [4.69, 9.17) is 15.2 Å². The van der Waals surface area contributed by atoms with Gasteiger partial charge in [0.15, 0.2) is 0 Å². The van der Waals surface area contributed by atoms with Gasteiger partial charge in [-0.25, -0.2) is 0 Å². The molecule has 17 heavy (non-hydrogen) atoms. The molecule has 0 atom stereocenters. The molecule has 0 unspecified atom stereocenters. The van der Waals surface area contributed by atoms with Crippen molar-refractivity contribution < 1.29 is 9.47 Å². The minimum atomic E-state index is 0.182. The number of likely N-dealkylation sites (N-methyl/N-ethyl adjacent to an activating group) is 1. The number of hydrogen-bond acceptors (Lipinski definition) is 4. The largest absolute Gasteiger partial charge is 0.483 e. The number of hydrogen-bond donors (Lipinski definition) is 1. The van der Waals surface area contributed by atoms with E-state index in [9.17, 15) is 0 Å². The lowest BCUT2D eigenvalue weighted by atomic mass is 9.99. The first-order valence-corrected chi connectivity index (χ1v) is 6.06. The van der Waals surface area contributed by atoms with E-state index >= 15 is 0 Å². The monoisotopic (exact) mass is 234 g/mol. The van der Waals surface area contributed by atoms with E-state index in [1.807, 2.05) is 0 Å². The number of nitrogens with zero attached hydrogens (tertiary/aromatic N) is 1. The zero-order valence-electron chi connectivity index (χ0n) is 10.1. The van der Waals surface area contributed by atoms with Crippen LogP contribution in [0.4, 0.5) is 5.69 Å². The molecular formula is C13H18N2O2. The third-order valence-corrected chi connectivity index (χ3v) is 3.44. The Hall–Kier alpha value is -1.26. The molecule has 4 heteroatoms. The van der Waals surface area contributed by atoms with E-state index in [1.54, 1.807) is 0 Å². The summed E-state index contributed by atoms with van der Waals surface area (Å²) in [7, 11) is 2.13. The van der Waals surface area contributed by atoms with Gasteiger partial charge < -0.3 is 20.1 Å². The summed E-state index contributed by atoms with van der Waals surface area (Å²) in [5.74, 6) is 0.821. The van der Waals surface area contributed by atoms with E-state index in [2.05, 4.69) is 24.1 Å². The molecule has 4 nitrogen and oxygen atoms in total. The van der Waals surface area contributed by atoms with Gasteiger partial charge in [0.05, 0.1) is 18.9 Å². The van der Waals surface area contributed by atoms with Crippen molar-refractivity contribution in [2.75, 3.05) is 32.5 Å². The maximum Gasteiger partial charge on any atom is 0.145 e. The van der Waals surface area contributed by atoms with Crippen molar-refractivity contribution in [1.29, 1.82) is 0 Å². The summed E-state index contributed by atoms with van der Waals surface area (Å²) >= 11 is 0. The fourth-order valence-corrected chi connectivity index (χ4v) is 2.31. The normalized spacial score (nSPS) is 20.8. The van der Waals surface area contributed by atoms with E-state index in [0.29, 0.717) is 13.2 Å². The lowest BCUT2D eigenvalue weighted by Gasteiger charge is -2.29. The first-order chi connectivity index (χ1) is 8.22. The van der Waals surface area contributed by atoms with Gasteiger partial charge >= 0.3 is 0 Å². The highest BCUT2D eigenvalue weighted by Crippen LogP contribution is 2.30. The number of nitrogens with two attached hydrogens (primary N) is 1. The standard InChI is InChI=1S/C13H18N2O2/c1-15-3-2-9-5-13(17-11-7-16-8-11)12(14)4-10(9)6-15/h4-5,11H,2-3,6-8,14H2,1H3. The summed E-state index contributed by atoms with van der Waals surface area (Å²) in [5.41, 5.74) is 9.47. The van der Waals surface area contributed by atoms with Gasteiger partial charge in [-0.05, 0) is 36.7 Å². The Morgan fingerprint density at radius 3 is 2.88 bits per heavy atom. The molecular weight excluding hydrogens is 216 g/mol. The number of rotatable bonds is 2.